The Morgan fingerprint density at radius 2 is 2.18 bits per heavy atom. The Kier molecular flexibility index (Phi) is 6.55. The number of hydrogen-bond donors (Lipinski definition) is 1. The summed E-state index contributed by atoms with van der Waals surface area (Å²) < 4.78 is 11.9. The molecule has 1 rings (SSSR count). The fourth-order valence-corrected chi connectivity index (χ4v) is 1.91. The van der Waals surface area contributed by atoms with Crippen LogP contribution in [0.3, 0.4) is 0 Å². The third-order valence-electron chi connectivity index (χ3n) is 2.32. The van der Waals surface area contributed by atoms with Crippen molar-refractivity contribution in [1.82, 2.24) is 5.32 Å². The fraction of sp³-hybridized carbons (Fsp3) is 0.538. The summed E-state index contributed by atoms with van der Waals surface area (Å²) in [6.45, 7) is 6.48. The van der Waals surface area contributed by atoms with Gasteiger partial charge in [0, 0.05) is 18.1 Å². The molecule has 3 nitrogen and oxygen atoms in total. The molecule has 17 heavy (non-hydrogen) atoms. The van der Waals surface area contributed by atoms with Crippen LogP contribution in [0.15, 0.2) is 22.7 Å². The quantitative estimate of drug-likeness (QED) is 0.840. The van der Waals surface area contributed by atoms with Crippen molar-refractivity contribution in [3.8, 4) is 5.75 Å². The molecule has 0 aliphatic rings. The largest absolute Gasteiger partial charge is 0.488 e. The van der Waals surface area contributed by atoms with Crippen molar-refractivity contribution in [3.63, 3.8) is 0 Å². The number of nitrogens with one attached hydrogen (secondary N) is 1. The standard InChI is InChI=1S/C13H20BrNO2/c1-4-15-8-11-7-12(5-6-13(11)14)17-10(2)9-16-3/h5-7,10,15H,4,8-9H2,1-3H3. The molecule has 1 atom stereocenters. The maximum absolute atomic E-state index is 5.76. The van der Waals surface area contributed by atoms with Crippen LogP contribution in [0.5, 0.6) is 5.75 Å². The molecule has 0 aliphatic heterocycles. The Bertz CT molecular complexity index is 344. The number of methoxy groups -OCH3 is 1. The summed E-state index contributed by atoms with van der Waals surface area (Å²) in [5.41, 5.74) is 1.20. The summed E-state index contributed by atoms with van der Waals surface area (Å²) in [6, 6.07) is 6.03. The van der Waals surface area contributed by atoms with Gasteiger partial charge in [-0.25, -0.2) is 0 Å². The lowest BCUT2D eigenvalue weighted by Gasteiger charge is -2.15. The van der Waals surface area contributed by atoms with Gasteiger partial charge in [-0.1, -0.05) is 22.9 Å². The average molecular weight is 302 g/mol. The molecule has 96 valence electrons. The van der Waals surface area contributed by atoms with E-state index >= 15 is 0 Å². The smallest absolute Gasteiger partial charge is 0.120 e. The number of ether oxygens (including phenoxy) is 2. The van der Waals surface area contributed by atoms with E-state index in [-0.39, 0.29) is 6.10 Å². The van der Waals surface area contributed by atoms with Gasteiger partial charge in [-0.05, 0) is 37.2 Å². The van der Waals surface area contributed by atoms with Crippen molar-refractivity contribution >= 4 is 15.9 Å². The zero-order valence-corrected chi connectivity index (χ0v) is 12.2. The highest BCUT2D eigenvalue weighted by molar-refractivity contribution is 9.10. The van der Waals surface area contributed by atoms with Crippen LogP contribution in [0.2, 0.25) is 0 Å². The van der Waals surface area contributed by atoms with Crippen molar-refractivity contribution < 1.29 is 9.47 Å². The summed E-state index contributed by atoms with van der Waals surface area (Å²) >= 11 is 3.54. The Balaban J connectivity index is 2.67. The van der Waals surface area contributed by atoms with Crippen LogP contribution in [0.1, 0.15) is 19.4 Å². The topological polar surface area (TPSA) is 30.5 Å². The first kappa shape index (κ1) is 14.5. The second kappa shape index (κ2) is 7.69. The van der Waals surface area contributed by atoms with Crippen LogP contribution in [-0.2, 0) is 11.3 Å². The SMILES string of the molecule is CCNCc1cc(OC(C)COC)ccc1Br. The highest BCUT2D eigenvalue weighted by Gasteiger charge is 2.06. The molecule has 0 saturated heterocycles. The van der Waals surface area contributed by atoms with Gasteiger partial charge in [0.1, 0.15) is 11.9 Å². The summed E-state index contributed by atoms with van der Waals surface area (Å²) in [5.74, 6) is 0.880. The predicted octanol–water partition coefficient (Wildman–Crippen LogP) is 2.97. The normalized spacial score (nSPS) is 12.5. The van der Waals surface area contributed by atoms with Crippen molar-refractivity contribution in [3.05, 3.63) is 28.2 Å². The summed E-state index contributed by atoms with van der Waals surface area (Å²) in [6.07, 6.45) is 0.0631. The molecule has 0 bridgehead atoms. The third-order valence-corrected chi connectivity index (χ3v) is 3.09. The van der Waals surface area contributed by atoms with Gasteiger partial charge in [0.05, 0.1) is 6.61 Å². The molecule has 1 unspecified atom stereocenters. The minimum absolute atomic E-state index is 0.0631. The molecule has 0 spiro atoms. The third kappa shape index (κ3) is 5.06. The maximum atomic E-state index is 5.76. The minimum atomic E-state index is 0.0631. The molecule has 1 aromatic rings. The molecule has 0 heterocycles. The molecule has 4 heteroatoms. The van der Waals surface area contributed by atoms with Gasteiger partial charge in [-0.15, -0.1) is 0 Å². The number of halogens is 1. The van der Waals surface area contributed by atoms with E-state index in [1.807, 2.05) is 19.1 Å². The van der Waals surface area contributed by atoms with Crippen LogP contribution in [0.4, 0.5) is 0 Å². The molecule has 1 N–H and O–H groups in total. The fourth-order valence-electron chi connectivity index (χ4n) is 1.52. The molecule has 0 amide bonds. The summed E-state index contributed by atoms with van der Waals surface area (Å²) in [4.78, 5) is 0. The van der Waals surface area contributed by atoms with Crippen LogP contribution in [0, 0.1) is 0 Å². The van der Waals surface area contributed by atoms with Crippen molar-refractivity contribution in [2.45, 2.75) is 26.5 Å². The van der Waals surface area contributed by atoms with E-state index in [0.717, 1.165) is 23.3 Å². The van der Waals surface area contributed by atoms with Gasteiger partial charge in [0.25, 0.3) is 0 Å². The van der Waals surface area contributed by atoms with E-state index in [0.29, 0.717) is 6.61 Å². The van der Waals surface area contributed by atoms with Crippen LogP contribution >= 0.6 is 15.9 Å². The lowest BCUT2D eigenvalue weighted by atomic mass is 10.2. The van der Waals surface area contributed by atoms with Crippen LogP contribution in [-0.4, -0.2) is 26.4 Å². The van der Waals surface area contributed by atoms with Crippen molar-refractivity contribution in [1.29, 1.82) is 0 Å². The van der Waals surface area contributed by atoms with Gasteiger partial charge in [-0.2, -0.15) is 0 Å². The zero-order valence-electron chi connectivity index (χ0n) is 10.6. The summed E-state index contributed by atoms with van der Waals surface area (Å²) in [7, 11) is 1.68. The first-order valence-electron chi connectivity index (χ1n) is 5.82. The molecule has 0 fully saturated rings. The molecule has 0 radical (unpaired) electrons. The Morgan fingerprint density at radius 3 is 2.82 bits per heavy atom. The number of benzene rings is 1. The van der Waals surface area contributed by atoms with E-state index in [1.54, 1.807) is 7.11 Å². The second-order valence-electron chi connectivity index (χ2n) is 3.92. The van der Waals surface area contributed by atoms with Crippen LogP contribution < -0.4 is 10.1 Å². The lowest BCUT2D eigenvalue weighted by molar-refractivity contribution is 0.0920. The molecular formula is C13H20BrNO2. The highest BCUT2D eigenvalue weighted by Crippen LogP contribution is 2.23. The monoisotopic (exact) mass is 301 g/mol. The number of rotatable bonds is 7. The molecule has 0 aliphatic carbocycles. The van der Waals surface area contributed by atoms with Crippen molar-refractivity contribution in [2.24, 2.45) is 0 Å². The van der Waals surface area contributed by atoms with E-state index < -0.39 is 0 Å². The van der Waals surface area contributed by atoms with Gasteiger partial charge in [0.15, 0.2) is 0 Å². The Labute approximate surface area is 112 Å². The second-order valence-corrected chi connectivity index (χ2v) is 4.77. The first-order chi connectivity index (χ1) is 8.17. The number of hydrogen-bond acceptors (Lipinski definition) is 3. The van der Waals surface area contributed by atoms with Crippen molar-refractivity contribution in [2.75, 3.05) is 20.3 Å². The Hall–Kier alpha value is -0.580. The van der Waals surface area contributed by atoms with Crippen LogP contribution in [0.25, 0.3) is 0 Å². The Morgan fingerprint density at radius 1 is 1.41 bits per heavy atom. The minimum Gasteiger partial charge on any atom is -0.488 e. The summed E-state index contributed by atoms with van der Waals surface area (Å²) in [5, 5.41) is 3.30. The predicted molar refractivity (Wildman–Crippen MR) is 73.5 cm³/mol. The van der Waals surface area contributed by atoms with Gasteiger partial charge < -0.3 is 14.8 Å². The average Bonchev–Trinajstić information content (AvgIpc) is 2.30. The molecule has 0 saturated carbocycles. The maximum Gasteiger partial charge on any atom is 0.120 e. The van der Waals surface area contributed by atoms with Gasteiger partial charge in [0.2, 0.25) is 0 Å². The van der Waals surface area contributed by atoms with Gasteiger partial charge in [-0.3, -0.25) is 0 Å². The molecular weight excluding hydrogens is 282 g/mol. The van der Waals surface area contributed by atoms with E-state index in [2.05, 4.69) is 34.2 Å². The lowest BCUT2D eigenvalue weighted by Crippen LogP contribution is -2.18. The highest BCUT2D eigenvalue weighted by atomic mass is 79.9. The molecule has 1 aromatic carbocycles. The first-order valence-corrected chi connectivity index (χ1v) is 6.61. The zero-order chi connectivity index (χ0) is 12.7. The molecule has 0 aromatic heterocycles. The van der Waals surface area contributed by atoms with E-state index in [1.165, 1.54) is 5.56 Å². The van der Waals surface area contributed by atoms with Gasteiger partial charge >= 0.3 is 0 Å². The van der Waals surface area contributed by atoms with E-state index in [4.69, 9.17) is 9.47 Å². The van der Waals surface area contributed by atoms with E-state index in [9.17, 15) is 0 Å².